The maximum atomic E-state index is 12.9. The molecule has 0 bridgehead atoms. The summed E-state index contributed by atoms with van der Waals surface area (Å²) in [6.07, 6.45) is 87.1. The first-order valence-corrected chi connectivity index (χ1v) is 32.7. The fourth-order valence-electron chi connectivity index (χ4n) is 9.25. The predicted octanol–water partition coefficient (Wildman–Crippen LogP) is 22.4. The normalized spacial score (nSPS) is 12.7. The maximum Gasteiger partial charge on any atom is 0.306 e. The highest BCUT2D eigenvalue weighted by molar-refractivity contribution is 5.71. The van der Waals surface area contributed by atoms with Gasteiger partial charge in [-0.3, -0.25) is 14.4 Å². The highest BCUT2D eigenvalue weighted by Gasteiger charge is 2.19. The van der Waals surface area contributed by atoms with Gasteiger partial charge in [0.05, 0.1) is 0 Å². The summed E-state index contributed by atoms with van der Waals surface area (Å²) in [5.41, 5.74) is 0. The maximum absolute atomic E-state index is 12.9. The number of rotatable bonds is 59. The lowest BCUT2D eigenvalue weighted by Crippen LogP contribution is -2.30. The van der Waals surface area contributed by atoms with Crippen LogP contribution in [0.5, 0.6) is 0 Å². The van der Waals surface area contributed by atoms with Crippen LogP contribution >= 0.6 is 0 Å². The number of unbranched alkanes of at least 4 members (excludes halogenated alkanes) is 32. The van der Waals surface area contributed by atoms with E-state index in [0.717, 1.165) is 122 Å². The second kappa shape index (κ2) is 64.9. The molecule has 0 saturated carbocycles. The highest BCUT2D eigenvalue weighted by atomic mass is 16.6. The molecule has 442 valence electrons. The second-order valence-electron chi connectivity index (χ2n) is 21.6. The van der Waals surface area contributed by atoms with E-state index in [1.54, 1.807) is 0 Å². The van der Waals surface area contributed by atoms with Crippen molar-refractivity contribution in [1.29, 1.82) is 0 Å². The Morgan fingerprint density at radius 2 is 0.506 bits per heavy atom. The molecular weight excluding hydrogens is 949 g/mol. The van der Waals surface area contributed by atoms with Crippen LogP contribution in [-0.2, 0) is 28.6 Å². The van der Waals surface area contributed by atoms with Gasteiger partial charge in [-0.05, 0) is 96.3 Å². The Morgan fingerprint density at radius 1 is 0.273 bits per heavy atom. The Bertz CT molecular complexity index is 1510. The Morgan fingerprint density at radius 3 is 0.792 bits per heavy atom. The van der Waals surface area contributed by atoms with Gasteiger partial charge in [0.15, 0.2) is 6.10 Å². The van der Waals surface area contributed by atoms with Crippen LogP contribution in [-0.4, -0.2) is 37.2 Å². The number of hydrogen-bond donors (Lipinski definition) is 0. The molecule has 0 saturated heterocycles. The van der Waals surface area contributed by atoms with Gasteiger partial charge in [-0.15, -0.1) is 0 Å². The van der Waals surface area contributed by atoms with Gasteiger partial charge in [-0.2, -0.15) is 0 Å². The average molecular weight is 1070 g/mol. The van der Waals surface area contributed by atoms with E-state index in [0.29, 0.717) is 19.3 Å². The molecule has 0 heterocycles. The van der Waals surface area contributed by atoms with Crippen LogP contribution < -0.4 is 0 Å². The van der Waals surface area contributed by atoms with Crippen LogP contribution in [0.1, 0.15) is 316 Å². The number of esters is 3. The van der Waals surface area contributed by atoms with Crippen LogP contribution in [0.2, 0.25) is 0 Å². The van der Waals surface area contributed by atoms with Crippen molar-refractivity contribution in [2.75, 3.05) is 13.2 Å². The van der Waals surface area contributed by atoms with Gasteiger partial charge >= 0.3 is 17.9 Å². The molecule has 0 aromatic carbocycles. The monoisotopic (exact) mass is 1070 g/mol. The Balaban J connectivity index is 4.25. The van der Waals surface area contributed by atoms with E-state index in [1.807, 2.05) is 0 Å². The van der Waals surface area contributed by atoms with E-state index < -0.39 is 6.10 Å². The third-order valence-corrected chi connectivity index (χ3v) is 14.1. The molecule has 6 nitrogen and oxygen atoms in total. The van der Waals surface area contributed by atoms with Gasteiger partial charge in [-0.1, -0.05) is 298 Å². The molecular formula is C71H122O6. The SMILES string of the molecule is CC/C=C\C/C=C\C/C=C\C/C=C\CCCCCCCCCCCCCCCCCCC(=O)OCC(COC(=O)CCCCCCCCCCCCCCC)OC(=O)CCCCCC/C=C\C/C=C\C/C=C\C/C=C\CC. The van der Waals surface area contributed by atoms with Crippen molar-refractivity contribution in [1.82, 2.24) is 0 Å². The Hall–Kier alpha value is -3.67. The third-order valence-electron chi connectivity index (χ3n) is 14.1. The summed E-state index contributed by atoms with van der Waals surface area (Å²) in [7, 11) is 0. The van der Waals surface area contributed by atoms with E-state index in [2.05, 4.69) is 118 Å². The van der Waals surface area contributed by atoms with E-state index in [-0.39, 0.29) is 31.1 Å². The summed E-state index contributed by atoms with van der Waals surface area (Å²) in [5.74, 6) is -0.895. The predicted molar refractivity (Wildman–Crippen MR) is 334 cm³/mol. The van der Waals surface area contributed by atoms with Crippen molar-refractivity contribution >= 4 is 17.9 Å². The van der Waals surface area contributed by atoms with Gasteiger partial charge < -0.3 is 14.2 Å². The zero-order valence-corrected chi connectivity index (χ0v) is 50.7. The summed E-state index contributed by atoms with van der Waals surface area (Å²) < 4.78 is 16.9. The van der Waals surface area contributed by atoms with Gasteiger partial charge in [0.1, 0.15) is 13.2 Å². The van der Waals surface area contributed by atoms with Gasteiger partial charge in [-0.25, -0.2) is 0 Å². The number of ether oxygens (including phenoxy) is 3. The molecule has 0 aromatic heterocycles. The molecule has 0 aliphatic heterocycles. The van der Waals surface area contributed by atoms with Crippen molar-refractivity contribution in [3.8, 4) is 0 Å². The summed E-state index contributed by atoms with van der Waals surface area (Å²) in [4.78, 5) is 38.3. The van der Waals surface area contributed by atoms with Crippen molar-refractivity contribution in [2.24, 2.45) is 0 Å². The largest absolute Gasteiger partial charge is 0.462 e. The van der Waals surface area contributed by atoms with Crippen LogP contribution in [0, 0.1) is 0 Å². The van der Waals surface area contributed by atoms with E-state index >= 15 is 0 Å². The molecule has 0 radical (unpaired) electrons. The molecule has 77 heavy (non-hydrogen) atoms. The van der Waals surface area contributed by atoms with Crippen molar-refractivity contribution in [2.45, 2.75) is 322 Å². The lowest BCUT2D eigenvalue weighted by atomic mass is 10.0. The van der Waals surface area contributed by atoms with Crippen LogP contribution in [0.3, 0.4) is 0 Å². The van der Waals surface area contributed by atoms with E-state index in [4.69, 9.17) is 14.2 Å². The zero-order chi connectivity index (χ0) is 55.7. The molecule has 0 spiro atoms. The fourth-order valence-corrected chi connectivity index (χ4v) is 9.25. The Labute approximate surface area is 477 Å². The minimum absolute atomic E-state index is 0.0836. The molecule has 0 aliphatic rings. The zero-order valence-electron chi connectivity index (χ0n) is 50.7. The van der Waals surface area contributed by atoms with Gasteiger partial charge in [0.25, 0.3) is 0 Å². The summed E-state index contributed by atoms with van der Waals surface area (Å²) in [6, 6.07) is 0. The summed E-state index contributed by atoms with van der Waals surface area (Å²) in [5, 5.41) is 0. The molecule has 0 rings (SSSR count). The topological polar surface area (TPSA) is 78.9 Å². The minimum atomic E-state index is -0.789. The molecule has 0 aliphatic carbocycles. The van der Waals surface area contributed by atoms with Crippen molar-refractivity contribution in [3.63, 3.8) is 0 Å². The summed E-state index contributed by atoms with van der Waals surface area (Å²) in [6.45, 7) is 6.42. The van der Waals surface area contributed by atoms with Crippen LogP contribution in [0.15, 0.2) is 97.2 Å². The first kappa shape index (κ1) is 73.3. The average Bonchev–Trinajstić information content (AvgIpc) is 3.43. The van der Waals surface area contributed by atoms with Gasteiger partial charge in [0.2, 0.25) is 0 Å². The second-order valence-corrected chi connectivity index (χ2v) is 21.6. The molecule has 0 N–H and O–H groups in total. The molecule has 0 amide bonds. The first-order valence-electron chi connectivity index (χ1n) is 32.7. The van der Waals surface area contributed by atoms with Crippen molar-refractivity contribution in [3.05, 3.63) is 97.2 Å². The van der Waals surface area contributed by atoms with Crippen molar-refractivity contribution < 1.29 is 28.6 Å². The number of allylic oxidation sites excluding steroid dienone is 16. The summed E-state index contributed by atoms with van der Waals surface area (Å²) >= 11 is 0. The molecule has 1 atom stereocenters. The van der Waals surface area contributed by atoms with E-state index in [9.17, 15) is 14.4 Å². The van der Waals surface area contributed by atoms with Crippen LogP contribution in [0.25, 0.3) is 0 Å². The lowest BCUT2D eigenvalue weighted by Gasteiger charge is -2.18. The standard InChI is InChI=1S/C71H122O6/c1-4-7-10-13-16-19-22-25-27-29-30-31-32-33-34-35-36-37-38-39-40-42-43-46-49-52-55-58-61-64-70(73)76-67-68(66-75-69(72)63-60-57-54-51-48-45-24-21-18-15-12-9-6-3)77-71(74)65-62-59-56-53-50-47-44-41-28-26-23-20-17-14-11-8-5-2/h7-8,10-11,16-17,19-20,25-28,30-31,44,47,68H,4-6,9,12-15,18,21-24,29,32-43,45-46,48-67H2,1-3H3/b10-7-,11-8-,19-16-,20-17-,27-25-,28-26-,31-30-,47-44-. The fraction of sp³-hybridized carbons (Fsp3) is 0.732. The molecule has 1 unspecified atom stereocenters. The highest BCUT2D eigenvalue weighted by Crippen LogP contribution is 2.17. The number of carbonyl (C=O) groups is 3. The third kappa shape index (κ3) is 63.0. The molecule has 6 heteroatoms. The first-order chi connectivity index (χ1) is 38.0. The lowest BCUT2D eigenvalue weighted by molar-refractivity contribution is -0.167. The number of carbonyl (C=O) groups excluding carboxylic acids is 3. The van der Waals surface area contributed by atoms with Gasteiger partial charge in [0, 0.05) is 19.3 Å². The molecule has 0 aromatic rings. The molecule has 0 fully saturated rings. The van der Waals surface area contributed by atoms with E-state index in [1.165, 1.54) is 154 Å². The number of hydrogen-bond acceptors (Lipinski definition) is 6. The quantitative estimate of drug-likeness (QED) is 0.0261. The Kier molecular flexibility index (Phi) is 61.8. The minimum Gasteiger partial charge on any atom is -0.462 e. The van der Waals surface area contributed by atoms with Crippen LogP contribution in [0.4, 0.5) is 0 Å². The smallest absolute Gasteiger partial charge is 0.306 e.